The summed E-state index contributed by atoms with van der Waals surface area (Å²) < 4.78 is 0. The fourth-order valence-corrected chi connectivity index (χ4v) is 0.864. The first-order valence-electron chi connectivity index (χ1n) is 5.08. The highest BCUT2D eigenvalue weighted by atomic mass is 16.4. The van der Waals surface area contributed by atoms with Gasteiger partial charge < -0.3 is 5.11 Å². The van der Waals surface area contributed by atoms with E-state index in [4.69, 9.17) is 5.11 Å². The number of allylic oxidation sites excluding steroid dienone is 3. The van der Waals surface area contributed by atoms with Crippen LogP contribution in [0, 0.1) is 5.41 Å². The third-order valence-corrected chi connectivity index (χ3v) is 2.04. The van der Waals surface area contributed by atoms with Gasteiger partial charge >= 0.3 is 5.97 Å². The molecule has 0 saturated heterocycles. The highest BCUT2D eigenvalue weighted by molar-refractivity contribution is 5.75. The Hall–Kier alpha value is -1.05. The number of hydrogen-bond donors (Lipinski definition) is 1. The van der Waals surface area contributed by atoms with E-state index in [2.05, 4.69) is 13.0 Å². The molecule has 0 rings (SSSR count). The van der Waals surface area contributed by atoms with Gasteiger partial charge in [0.25, 0.3) is 0 Å². The number of hydrogen-bond acceptors (Lipinski definition) is 1. The zero-order valence-corrected chi connectivity index (χ0v) is 9.29. The number of aliphatic carboxylic acids is 1. The van der Waals surface area contributed by atoms with Gasteiger partial charge in [-0.05, 0) is 20.3 Å². The van der Waals surface area contributed by atoms with Gasteiger partial charge in [0.1, 0.15) is 0 Å². The molecule has 0 fully saturated rings. The molecule has 0 aliphatic carbocycles. The van der Waals surface area contributed by atoms with E-state index < -0.39 is 11.4 Å². The Balaban J connectivity index is 3.93. The lowest BCUT2D eigenvalue weighted by Crippen LogP contribution is -2.20. The molecule has 2 nitrogen and oxygen atoms in total. The number of carboxylic acid groups (broad SMARTS) is 1. The van der Waals surface area contributed by atoms with Crippen molar-refractivity contribution < 1.29 is 9.90 Å². The van der Waals surface area contributed by atoms with Gasteiger partial charge in [0, 0.05) is 0 Å². The van der Waals surface area contributed by atoms with Crippen molar-refractivity contribution in [2.45, 2.75) is 40.0 Å². The van der Waals surface area contributed by atoms with Gasteiger partial charge in [0.2, 0.25) is 0 Å². The van der Waals surface area contributed by atoms with Crippen molar-refractivity contribution in [2.24, 2.45) is 5.41 Å². The predicted octanol–water partition coefficient (Wildman–Crippen LogP) is 3.40. The molecule has 0 aromatic carbocycles. The second-order valence-electron chi connectivity index (χ2n) is 3.96. The van der Waals surface area contributed by atoms with Gasteiger partial charge in [-0.3, -0.25) is 4.79 Å². The van der Waals surface area contributed by atoms with E-state index >= 15 is 0 Å². The Morgan fingerprint density at radius 1 is 1.36 bits per heavy atom. The summed E-state index contributed by atoms with van der Waals surface area (Å²) in [4.78, 5) is 10.7. The number of rotatable bonds is 6. The van der Waals surface area contributed by atoms with Crippen molar-refractivity contribution in [1.29, 1.82) is 0 Å². The molecule has 0 saturated carbocycles. The van der Waals surface area contributed by atoms with Crippen LogP contribution < -0.4 is 0 Å². The molecule has 0 aromatic rings. The molecule has 0 aliphatic rings. The predicted molar refractivity (Wildman–Crippen MR) is 59.2 cm³/mol. The molecule has 14 heavy (non-hydrogen) atoms. The first-order valence-corrected chi connectivity index (χ1v) is 5.08. The highest BCUT2D eigenvalue weighted by Crippen LogP contribution is 2.16. The Bertz CT molecular complexity index is 224. The molecule has 0 atom stereocenters. The normalized spacial score (nSPS) is 12.8. The van der Waals surface area contributed by atoms with Crippen LogP contribution in [-0.2, 0) is 4.79 Å². The molecule has 0 amide bonds. The van der Waals surface area contributed by atoms with Crippen LogP contribution >= 0.6 is 0 Å². The van der Waals surface area contributed by atoms with Gasteiger partial charge in [0.15, 0.2) is 0 Å². The minimum atomic E-state index is -0.796. The van der Waals surface area contributed by atoms with Crippen molar-refractivity contribution in [1.82, 2.24) is 0 Å². The van der Waals surface area contributed by atoms with Gasteiger partial charge in [0.05, 0.1) is 5.41 Å². The third-order valence-electron chi connectivity index (χ3n) is 2.04. The molecule has 2 heteroatoms. The number of unbranched alkanes of at least 4 members (excludes halogenated alkanes) is 2. The van der Waals surface area contributed by atoms with Crippen LogP contribution in [0.15, 0.2) is 24.3 Å². The van der Waals surface area contributed by atoms with Crippen LogP contribution in [0.4, 0.5) is 0 Å². The standard InChI is InChI=1S/C12H20O2/c1-4-5-6-7-8-9-10-12(2,3)11(13)14/h7-10H,4-6H2,1-3H3,(H,13,14)/b8-7+,10-9+. The largest absolute Gasteiger partial charge is 0.481 e. The molecule has 0 aromatic heterocycles. The fourth-order valence-electron chi connectivity index (χ4n) is 0.864. The van der Waals surface area contributed by atoms with Crippen molar-refractivity contribution in [3.63, 3.8) is 0 Å². The van der Waals surface area contributed by atoms with Gasteiger partial charge in [-0.1, -0.05) is 44.1 Å². The molecule has 0 unspecified atom stereocenters. The lowest BCUT2D eigenvalue weighted by atomic mass is 9.93. The highest BCUT2D eigenvalue weighted by Gasteiger charge is 2.22. The lowest BCUT2D eigenvalue weighted by molar-refractivity contribution is -0.144. The smallest absolute Gasteiger partial charge is 0.312 e. The molecule has 0 spiro atoms. The third kappa shape index (κ3) is 5.57. The van der Waals surface area contributed by atoms with Crippen LogP contribution in [-0.4, -0.2) is 11.1 Å². The van der Waals surface area contributed by atoms with E-state index in [1.807, 2.05) is 12.2 Å². The number of carbonyl (C=O) groups is 1. The van der Waals surface area contributed by atoms with E-state index in [0.29, 0.717) is 0 Å². The van der Waals surface area contributed by atoms with Gasteiger partial charge in [-0.15, -0.1) is 0 Å². The van der Waals surface area contributed by atoms with E-state index in [0.717, 1.165) is 6.42 Å². The topological polar surface area (TPSA) is 37.3 Å². The summed E-state index contributed by atoms with van der Waals surface area (Å²) in [7, 11) is 0. The monoisotopic (exact) mass is 196 g/mol. The molecule has 80 valence electrons. The Morgan fingerprint density at radius 3 is 2.50 bits per heavy atom. The average Bonchev–Trinajstić information content (AvgIpc) is 2.10. The van der Waals surface area contributed by atoms with Crippen LogP contribution in [0.2, 0.25) is 0 Å². The maximum absolute atomic E-state index is 10.7. The molecule has 0 heterocycles. The first-order chi connectivity index (χ1) is 6.50. The second kappa shape index (κ2) is 6.41. The second-order valence-corrected chi connectivity index (χ2v) is 3.96. The van der Waals surface area contributed by atoms with E-state index in [1.54, 1.807) is 19.9 Å². The zero-order valence-electron chi connectivity index (χ0n) is 9.29. The van der Waals surface area contributed by atoms with Crippen LogP contribution in [0.3, 0.4) is 0 Å². The molecule has 0 radical (unpaired) electrons. The van der Waals surface area contributed by atoms with Crippen molar-refractivity contribution in [3.05, 3.63) is 24.3 Å². The molecule has 0 aliphatic heterocycles. The van der Waals surface area contributed by atoms with Crippen molar-refractivity contribution in [2.75, 3.05) is 0 Å². The summed E-state index contributed by atoms with van der Waals surface area (Å²) >= 11 is 0. The van der Waals surface area contributed by atoms with E-state index in [-0.39, 0.29) is 0 Å². The minimum Gasteiger partial charge on any atom is -0.481 e. The molecular weight excluding hydrogens is 176 g/mol. The van der Waals surface area contributed by atoms with E-state index in [1.165, 1.54) is 12.8 Å². The first kappa shape index (κ1) is 12.9. The Morgan fingerprint density at radius 2 is 2.00 bits per heavy atom. The number of carboxylic acids is 1. The summed E-state index contributed by atoms with van der Waals surface area (Å²) in [5, 5.41) is 8.81. The van der Waals surface area contributed by atoms with E-state index in [9.17, 15) is 4.79 Å². The van der Waals surface area contributed by atoms with Gasteiger partial charge in [-0.25, -0.2) is 0 Å². The summed E-state index contributed by atoms with van der Waals surface area (Å²) in [5.41, 5.74) is -0.769. The summed E-state index contributed by atoms with van der Waals surface area (Å²) in [6.07, 6.45) is 10.9. The SMILES string of the molecule is CCCC/C=C/C=C/C(C)(C)C(=O)O. The molecule has 0 bridgehead atoms. The summed E-state index contributed by atoms with van der Waals surface area (Å²) in [5.74, 6) is -0.796. The maximum atomic E-state index is 10.7. The molecule has 1 N–H and O–H groups in total. The summed E-state index contributed by atoms with van der Waals surface area (Å²) in [6, 6.07) is 0. The Labute approximate surface area is 86.3 Å². The zero-order chi connectivity index (χ0) is 11.0. The van der Waals surface area contributed by atoms with Crippen LogP contribution in [0.1, 0.15) is 40.0 Å². The maximum Gasteiger partial charge on any atom is 0.312 e. The Kier molecular flexibility index (Phi) is 5.93. The van der Waals surface area contributed by atoms with Crippen LogP contribution in [0.25, 0.3) is 0 Å². The quantitative estimate of drug-likeness (QED) is 0.522. The lowest BCUT2D eigenvalue weighted by Gasteiger charge is -2.12. The van der Waals surface area contributed by atoms with Crippen LogP contribution in [0.5, 0.6) is 0 Å². The van der Waals surface area contributed by atoms with Gasteiger partial charge in [-0.2, -0.15) is 0 Å². The van der Waals surface area contributed by atoms with Crippen molar-refractivity contribution in [3.8, 4) is 0 Å². The minimum absolute atomic E-state index is 0.769. The summed E-state index contributed by atoms with van der Waals surface area (Å²) in [6.45, 7) is 5.52. The molecular formula is C12H20O2. The average molecular weight is 196 g/mol. The van der Waals surface area contributed by atoms with Crippen molar-refractivity contribution >= 4 is 5.97 Å². The fraction of sp³-hybridized carbons (Fsp3) is 0.583.